The predicted molar refractivity (Wildman–Crippen MR) is 91.0 cm³/mol. The Kier molecular flexibility index (Phi) is 6.07. The van der Waals surface area contributed by atoms with Gasteiger partial charge >= 0.3 is 5.97 Å². The van der Waals surface area contributed by atoms with Crippen molar-refractivity contribution in [3.05, 3.63) is 24.3 Å². The zero-order valence-corrected chi connectivity index (χ0v) is 15.6. The molecule has 0 spiro atoms. The third kappa shape index (κ3) is 4.71. The van der Waals surface area contributed by atoms with Gasteiger partial charge in [-0.05, 0) is 31.2 Å². The van der Waals surface area contributed by atoms with Crippen LogP contribution in [0.4, 0.5) is 0 Å². The van der Waals surface area contributed by atoms with Crippen LogP contribution >= 0.6 is 0 Å². The molecule has 0 aliphatic carbocycles. The first-order valence-corrected chi connectivity index (χ1v) is 11.0. The van der Waals surface area contributed by atoms with Crippen LogP contribution in [-0.4, -0.2) is 65.9 Å². The van der Waals surface area contributed by atoms with Gasteiger partial charge in [0, 0.05) is 6.04 Å². The zero-order chi connectivity index (χ0) is 18.7. The van der Waals surface area contributed by atoms with Crippen molar-refractivity contribution in [2.45, 2.75) is 23.1 Å². The molecular weight excluding hydrogens is 370 g/mol. The number of ether oxygens (including phenoxy) is 2. The number of rotatable bonds is 7. The topological polar surface area (TPSA) is 116 Å². The highest BCUT2D eigenvalue weighted by molar-refractivity contribution is 7.96. The minimum absolute atomic E-state index is 0.0166. The summed E-state index contributed by atoms with van der Waals surface area (Å²) >= 11 is 0. The maximum atomic E-state index is 12.9. The molecular formula is C15H21NO7S2. The van der Waals surface area contributed by atoms with Crippen molar-refractivity contribution >= 4 is 25.6 Å². The van der Waals surface area contributed by atoms with Gasteiger partial charge in [0.25, 0.3) is 0 Å². The first kappa shape index (κ1) is 19.7. The van der Waals surface area contributed by atoms with Crippen LogP contribution in [-0.2, 0) is 29.2 Å². The summed E-state index contributed by atoms with van der Waals surface area (Å²) in [6, 6.07) is 4.96. The number of carbonyl (C=O) groups excluding carboxylic acids is 1. The number of benzene rings is 1. The molecule has 25 heavy (non-hydrogen) atoms. The normalized spacial score (nSPS) is 22.5. The van der Waals surface area contributed by atoms with Gasteiger partial charge in [-0.15, -0.1) is 0 Å². The van der Waals surface area contributed by atoms with Crippen LogP contribution in [0.2, 0.25) is 0 Å². The molecule has 1 aromatic carbocycles. The quantitative estimate of drug-likeness (QED) is 0.635. The van der Waals surface area contributed by atoms with Crippen LogP contribution in [0.5, 0.6) is 5.75 Å². The Hall–Kier alpha value is -1.65. The summed E-state index contributed by atoms with van der Waals surface area (Å²) in [5.74, 6) is -0.894. The van der Waals surface area contributed by atoms with Gasteiger partial charge in [0.2, 0.25) is 0 Å². The fourth-order valence-electron chi connectivity index (χ4n) is 2.67. The van der Waals surface area contributed by atoms with E-state index < -0.39 is 42.7 Å². The number of esters is 1. The van der Waals surface area contributed by atoms with Crippen molar-refractivity contribution in [3.8, 4) is 5.75 Å². The largest absolute Gasteiger partial charge is 0.494 e. The molecule has 1 heterocycles. The van der Waals surface area contributed by atoms with Gasteiger partial charge in [0.15, 0.2) is 19.7 Å². The average molecular weight is 391 g/mol. The monoisotopic (exact) mass is 391 g/mol. The number of methoxy groups -OCH3 is 1. The van der Waals surface area contributed by atoms with Crippen LogP contribution in [0.15, 0.2) is 29.2 Å². The van der Waals surface area contributed by atoms with Crippen LogP contribution in [0, 0.1) is 0 Å². The lowest BCUT2D eigenvalue weighted by molar-refractivity contribution is -0.139. The smallest absolute Gasteiger partial charge is 0.319 e. The Morgan fingerprint density at radius 2 is 1.88 bits per heavy atom. The highest BCUT2D eigenvalue weighted by atomic mass is 32.2. The number of hydrogen-bond donors (Lipinski definition) is 1. The maximum Gasteiger partial charge on any atom is 0.319 e. The Labute approximate surface area is 147 Å². The van der Waals surface area contributed by atoms with Crippen LogP contribution < -0.4 is 10.1 Å². The highest BCUT2D eigenvalue weighted by Crippen LogP contribution is 2.27. The fourth-order valence-corrected chi connectivity index (χ4v) is 7.38. The molecule has 1 fully saturated rings. The summed E-state index contributed by atoms with van der Waals surface area (Å²) in [5, 5.41) is 1.52. The fraction of sp³-hybridized carbons (Fsp3) is 0.533. The van der Waals surface area contributed by atoms with Crippen LogP contribution in [0.1, 0.15) is 6.92 Å². The van der Waals surface area contributed by atoms with E-state index in [9.17, 15) is 21.6 Å². The van der Waals surface area contributed by atoms with Crippen molar-refractivity contribution in [3.63, 3.8) is 0 Å². The van der Waals surface area contributed by atoms with E-state index >= 15 is 0 Å². The minimum Gasteiger partial charge on any atom is -0.494 e. The highest BCUT2D eigenvalue weighted by Gasteiger charge is 2.45. The Morgan fingerprint density at radius 3 is 2.44 bits per heavy atom. The molecule has 0 bridgehead atoms. The van der Waals surface area contributed by atoms with E-state index in [1.165, 1.54) is 31.4 Å². The molecule has 2 atom stereocenters. The summed E-state index contributed by atoms with van der Waals surface area (Å²) in [4.78, 5) is 11.3. The molecule has 1 aromatic rings. The van der Waals surface area contributed by atoms with E-state index in [-0.39, 0.29) is 17.2 Å². The van der Waals surface area contributed by atoms with E-state index in [1.807, 2.05) is 6.92 Å². The zero-order valence-electron chi connectivity index (χ0n) is 14.0. The molecule has 0 amide bonds. The summed E-state index contributed by atoms with van der Waals surface area (Å²) in [7, 11) is -6.22. The van der Waals surface area contributed by atoms with Gasteiger partial charge in [0.05, 0.1) is 41.9 Å². The Bertz CT molecular complexity index is 816. The minimum atomic E-state index is -3.89. The molecule has 8 nitrogen and oxygen atoms in total. The SMILES string of the molecule is CCOc1ccc(S(=O)(=O)[C@H]2CS(=O)(=O)C[C@@H]2NCC(=O)OC)cc1. The molecule has 1 aliphatic heterocycles. The predicted octanol–water partition coefficient (Wildman–Crippen LogP) is -0.213. The van der Waals surface area contributed by atoms with Gasteiger partial charge in [0.1, 0.15) is 5.75 Å². The van der Waals surface area contributed by atoms with Gasteiger partial charge < -0.3 is 14.8 Å². The van der Waals surface area contributed by atoms with Crippen LogP contribution in [0.25, 0.3) is 0 Å². The van der Waals surface area contributed by atoms with Gasteiger partial charge in [-0.2, -0.15) is 0 Å². The van der Waals surface area contributed by atoms with Crippen molar-refractivity contribution in [2.24, 2.45) is 0 Å². The lowest BCUT2D eigenvalue weighted by Gasteiger charge is -2.19. The summed E-state index contributed by atoms with van der Waals surface area (Å²) in [6.45, 7) is 2.00. The summed E-state index contributed by atoms with van der Waals surface area (Å²) < 4.78 is 59.4. The molecule has 0 saturated carbocycles. The second-order valence-electron chi connectivity index (χ2n) is 5.63. The molecule has 1 saturated heterocycles. The van der Waals surface area contributed by atoms with Crippen molar-refractivity contribution in [1.29, 1.82) is 0 Å². The van der Waals surface area contributed by atoms with Gasteiger partial charge in [-0.3, -0.25) is 4.79 Å². The standard InChI is InChI=1S/C15H21NO7S2/c1-3-23-11-4-6-12(7-5-11)25(20,21)14-10-24(18,19)9-13(14)16-8-15(17)22-2/h4-7,13-14,16H,3,8-10H2,1-2H3/t13-,14-/m0/s1. The van der Waals surface area contributed by atoms with E-state index in [0.29, 0.717) is 12.4 Å². The second-order valence-corrected chi connectivity index (χ2v) is 9.95. The first-order chi connectivity index (χ1) is 11.7. The molecule has 2 rings (SSSR count). The number of hydrogen-bond acceptors (Lipinski definition) is 8. The lowest BCUT2D eigenvalue weighted by atomic mass is 10.2. The Morgan fingerprint density at radius 1 is 1.24 bits per heavy atom. The summed E-state index contributed by atoms with van der Waals surface area (Å²) in [5.41, 5.74) is 0. The number of carbonyl (C=O) groups is 1. The van der Waals surface area contributed by atoms with E-state index in [0.717, 1.165) is 0 Å². The Balaban J connectivity index is 2.26. The van der Waals surface area contributed by atoms with Crippen molar-refractivity contribution in [2.75, 3.05) is 31.8 Å². The summed E-state index contributed by atoms with van der Waals surface area (Å²) in [6.07, 6.45) is 0. The van der Waals surface area contributed by atoms with Gasteiger partial charge in [-0.25, -0.2) is 16.8 Å². The number of sulfone groups is 2. The molecule has 0 unspecified atom stereocenters. The molecule has 1 N–H and O–H groups in total. The van der Waals surface area contributed by atoms with Crippen LogP contribution in [0.3, 0.4) is 0 Å². The maximum absolute atomic E-state index is 12.9. The van der Waals surface area contributed by atoms with Crippen molar-refractivity contribution in [1.82, 2.24) is 5.32 Å². The molecule has 0 radical (unpaired) electrons. The van der Waals surface area contributed by atoms with E-state index in [2.05, 4.69) is 10.1 Å². The molecule has 1 aliphatic rings. The number of nitrogens with one attached hydrogen (secondary N) is 1. The van der Waals surface area contributed by atoms with Gasteiger partial charge in [-0.1, -0.05) is 0 Å². The van der Waals surface area contributed by atoms with Crippen molar-refractivity contribution < 1.29 is 31.1 Å². The first-order valence-electron chi connectivity index (χ1n) is 7.67. The third-order valence-electron chi connectivity index (χ3n) is 3.90. The third-order valence-corrected chi connectivity index (χ3v) is 8.07. The van der Waals surface area contributed by atoms with E-state index in [1.54, 1.807) is 0 Å². The molecule has 10 heteroatoms. The molecule has 0 aromatic heterocycles. The second kappa shape index (κ2) is 7.71. The molecule has 140 valence electrons. The van der Waals surface area contributed by atoms with E-state index in [4.69, 9.17) is 4.74 Å². The lowest BCUT2D eigenvalue weighted by Crippen LogP contribution is -2.45. The average Bonchev–Trinajstić information content (AvgIpc) is 2.89.